The van der Waals surface area contributed by atoms with Gasteiger partial charge in [0.25, 0.3) is 5.69 Å². The van der Waals surface area contributed by atoms with E-state index in [9.17, 15) is 24.8 Å². The number of hydrogen-bond acceptors (Lipinski definition) is 5. The quantitative estimate of drug-likeness (QED) is 0.660. The van der Waals surface area contributed by atoms with Crippen LogP contribution in [0.25, 0.3) is 0 Å². The van der Waals surface area contributed by atoms with Crippen molar-refractivity contribution in [2.24, 2.45) is 0 Å². The van der Waals surface area contributed by atoms with Crippen LogP contribution in [0.2, 0.25) is 0 Å². The third kappa shape index (κ3) is 3.89. The molecule has 1 saturated heterocycles. The van der Waals surface area contributed by atoms with Crippen LogP contribution >= 0.6 is 0 Å². The van der Waals surface area contributed by atoms with Crippen molar-refractivity contribution in [1.82, 2.24) is 4.90 Å². The highest BCUT2D eigenvalue weighted by Gasteiger charge is 2.52. The Bertz CT molecular complexity index is 697. The molecule has 1 unspecified atom stereocenters. The van der Waals surface area contributed by atoms with E-state index in [-0.39, 0.29) is 30.6 Å². The summed E-state index contributed by atoms with van der Waals surface area (Å²) < 4.78 is 5.33. The molecule has 0 aliphatic carbocycles. The van der Waals surface area contributed by atoms with Crippen molar-refractivity contribution in [2.75, 3.05) is 6.54 Å². The molecule has 0 spiro atoms. The van der Waals surface area contributed by atoms with E-state index in [0.29, 0.717) is 6.42 Å². The van der Waals surface area contributed by atoms with Gasteiger partial charge in [-0.15, -0.1) is 0 Å². The number of para-hydroxylation sites is 1. The number of hydrogen-bond donors (Lipinski definition) is 1. The maximum atomic E-state index is 12.5. The van der Waals surface area contributed by atoms with Crippen molar-refractivity contribution in [3.8, 4) is 0 Å². The van der Waals surface area contributed by atoms with Gasteiger partial charge < -0.3 is 9.84 Å². The summed E-state index contributed by atoms with van der Waals surface area (Å²) in [6, 6.07) is 5.99. The van der Waals surface area contributed by atoms with E-state index in [1.54, 1.807) is 26.8 Å². The Hall–Kier alpha value is -2.64. The summed E-state index contributed by atoms with van der Waals surface area (Å²) in [7, 11) is 0. The Labute approximate surface area is 145 Å². The first-order chi connectivity index (χ1) is 11.6. The topological polar surface area (TPSA) is 110 Å². The summed E-state index contributed by atoms with van der Waals surface area (Å²) in [4.78, 5) is 36.4. The van der Waals surface area contributed by atoms with Gasteiger partial charge in [-0.25, -0.2) is 9.59 Å². The molecule has 0 bridgehead atoms. The molecular formula is C17H22N2O6. The Balaban J connectivity index is 2.40. The number of rotatable bonds is 4. The number of nitro benzene ring substituents is 1. The molecule has 1 fully saturated rings. The smallest absolute Gasteiger partial charge is 0.411 e. The number of carboxylic acids is 1. The highest BCUT2D eigenvalue weighted by molar-refractivity contribution is 5.86. The van der Waals surface area contributed by atoms with Crippen LogP contribution in [0.1, 0.15) is 39.2 Å². The summed E-state index contributed by atoms with van der Waals surface area (Å²) in [5, 5.41) is 21.1. The predicted molar refractivity (Wildman–Crippen MR) is 89.3 cm³/mol. The van der Waals surface area contributed by atoms with Gasteiger partial charge in [-0.2, -0.15) is 0 Å². The van der Waals surface area contributed by atoms with E-state index in [1.807, 2.05) is 0 Å². The molecule has 8 nitrogen and oxygen atoms in total. The molecule has 1 aromatic rings. The zero-order valence-electron chi connectivity index (χ0n) is 14.5. The first kappa shape index (κ1) is 18.7. The van der Waals surface area contributed by atoms with Crippen LogP contribution in [0.3, 0.4) is 0 Å². The van der Waals surface area contributed by atoms with Crippen LogP contribution in [0.4, 0.5) is 10.5 Å². The molecule has 1 aromatic carbocycles. The van der Waals surface area contributed by atoms with Crippen LogP contribution < -0.4 is 0 Å². The second-order valence-corrected chi connectivity index (χ2v) is 7.13. The third-order valence-electron chi connectivity index (χ3n) is 4.17. The molecule has 1 aliphatic rings. The Morgan fingerprint density at radius 2 is 2.00 bits per heavy atom. The molecule has 25 heavy (non-hydrogen) atoms. The van der Waals surface area contributed by atoms with Crippen molar-refractivity contribution in [2.45, 2.75) is 51.2 Å². The minimum Gasteiger partial charge on any atom is -0.479 e. The number of nitrogens with zero attached hydrogens (tertiary/aromatic N) is 2. The maximum absolute atomic E-state index is 12.5. The van der Waals surface area contributed by atoms with Crippen LogP contribution in [0, 0.1) is 10.1 Å². The number of amides is 1. The predicted octanol–water partition coefficient (Wildman–Crippen LogP) is 2.99. The van der Waals surface area contributed by atoms with E-state index in [4.69, 9.17) is 4.74 Å². The lowest BCUT2D eigenvalue weighted by Crippen LogP contribution is -2.55. The zero-order chi connectivity index (χ0) is 18.8. The molecule has 2 rings (SSSR count). The van der Waals surface area contributed by atoms with Gasteiger partial charge in [0.15, 0.2) is 0 Å². The monoisotopic (exact) mass is 350 g/mol. The third-order valence-corrected chi connectivity index (χ3v) is 4.17. The number of carbonyl (C=O) groups is 2. The molecule has 1 N–H and O–H groups in total. The Morgan fingerprint density at radius 1 is 1.36 bits per heavy atom. The van der Waals surface area contributed by atoms with Crippen molar-refractivity contribution in [3.05, 3.63) is 39.9 Å². The van der Waals surface area contributed by atoms with E-state index in [0.717, 1.165) is 0 Å². The standard InChI is InChI=1S/C17H22N2O6/c1-16(2,3)25-15(22)18-10-6-9-17(18,14(20)21)11-12-7-4-5-8-13(12)19(23)24/h4-5,7-8H,6,9-11H2,1-3H3,(H,20,21). The first-order valence-corrected chi connectivity index (χ1v) is 8.03. The fraction of sp³-hybridized carbons (Fsp3) is 0.529. The van der Waals surface area contributed by atoms with Gasteiger partial charge in [0, 0.05) is 24.6 Å². The Morgan fingerprint density at radius 3 is 2.56 bits per heavy atom. The second-order valence-electron chi connectivity index (χ2n) is 7.13. The first-order valence-electron chi connectivity index (χ1n) is 8.03. The molecule has 8 heteroatoms. The molecular weight excluding hydrogens is 328 g/mol. The highest BCUT2D eigenvalue weighted by atomic mass is 16.6. The van der Waals surface area contributed by atoms with Crippen LogP contribution in [-0.4, -0.2) is 44.7 Å². The van der Waals surface area contributed by atoms with Crippen molar-refractivity contribution in [3.63, 3.8) is 0 Å². The fourth-order valence-corrected chi connectivity index (χ4v) is 3.10. The number of likely N-dealkylation sites (tertiary alicyclic amines) is 1. The van der Waals surface area contributed by atoms with E-state index in [2.05, 4.69) is 0 Å². The van der Waals surface area contributed by atoms with Crippen LogP contribution in [0.15, 0.2) is 24.3 Å². The second kappa shape index (κ2) is 6.70. The van der Waals surface area contributed by atoms with Gasteiger partial charge >= 0.3 is 12.1 Å². The normalized spacial score (nSPS) is 20.4. The van der Waals surface area contributed by atoms with Crippen molar-refractivity contribution < 1.29 is 24.4 Å². The van der Waals surface area contributed by atoms with Gasteiger partial charge in [0.2, 0.25) is 0 Å². The molecule has 0 aromatic heterocycles. The molecule has 0 saturated carbocycles. The number of benzene rings is 1. The van der Waals surface area contributed by atoms with Gasteiger partial charge in [-0.1, -0.05) is 18.2 Å². The van der Waals surface area contributed by atoms with Gasteiger partial charge in [0.1, 0.15) is 11.1 Å². The summed E-state index contributed by atoms with van der Waals surface area (Å²) in [6.45, 7) is 5.34. The minimum absolute atomic E-state index is 0.140. The van der Waals surface area contributed by atoms with E-state index < -0.39 is 28.1 Å². The van der Waals surface area contributed by atoms with Crippen molar-refractivity contribution >= 4 is 17.7 Å². The molecule has 1 atom stereocenters. The van der Waals surface area contributed by atoms with E-state index >= 15 is 0 Å². The average Bonchev–Trinajstić information content (AvgIpc) is 2.91. The number of carbonyl (C=O) groups excluding carboxylic acids is 1. The van der Waals surface area contributed by atoms with Gasteiger partial charge in [-0.05, 0) is 33.6 Å². The van der Waals surface area contributed by atoms with E-state index in [1.165, 1.54) is 23.1 Å². The fourth-order valence-electron chi connectivity index (χ4n) is 3.10. The zero-order valence-corrected chi connectivity index (χ0v) is 14.5. The van der Waals surface area contributed by atoms with Crippen molar-refractivity contribution in [1.29, 1.82) is 0 Å². The summed E-state index contributed by atoms with van der Waals surface area (Å²) in [5.74, 6) is -1.19. The average molecular weight is 350 g/mol. The lowest BCUT2D eigenvalue weighted by atomic mass is 9.87. The summed E-state index contributed by atoms with van der Waals surface area (Å²) in [5.41, 5.74) is -2.18. The highest BCUT2D eigenvalue weighted by Crippen LogP contribution is 2.36. The SMILES string of the molecule is CC(C)(C)OC(=O)N1CCCC1(Cc1ccccc1[N+](=O)[O-])C(=O)O. The number of ether oxygens (including phenoxy) is 1. The van der Waals surface area contributed by atoms with Gasteiger partial charge in [0.05, 0.1) is 4.92 Å². The molecule has 1 amide bonds. The molecule has 0 radical (unpaired) electrons. The van der Waals surface area contributed by atoms with Crippen LogP contribution in [-0.2, 0) is 16.0 Å². The van der Waals surface area contributed by atoms with Crippen LogP contribution in [0.5, 0.6) is 0 Å². The summed E-state index contributed by atoms with van der Waals surface area (Å²) >= 11 is 0. The lowest BCUT2D eigenvalue weighted by Gasteiger charge is -2.35. The summed E-state index contributed by atoms with van der Waals surface area (Å²) in [6.07, 6.45) is -0.149. The minimum atomic E-state index is -1.55. The Kier molecular flexibility index (Phi) is 5.01. The molecule has 136 valence electrons. The largest absolute Gasteiger partial charge is 0.479 e. The maximum Gasteiger partial charge on any atom is 0.411 e. The molecule has 1 aliphatic heterocycles. The molecule has 1 heterocycles. The number of nitro groups is 1. The van der Waals surface area contributed by atoms with Gasteiger partial charge in [-0.3, -0.25) is 15.0 Å². The number of aliphatic carboxylic acids is 1. The lowest BCUT2D eigenvalue weighted by molar-refractivity contribution is -0.385. The number of carboxylic acid groups (broad SMARTS) is 1.